The normalized spacial score (nSPS) is 18.4. The molecule has 6 amide bonds. The molecule has 1 aliphatic heterocycles. The minimum Gasteiger partial charge on any atom is -0.319 e. The zero-order chi connectivity index (χ0) is 21.2. The molecule has 29 heavy (non-hydrogen) atoms. The van der Waals surface area contributed by atoms with Gasteiger partial charge in [-0.15, -0.1) is 0 Å². The van der Waals surface area contributed by atoms with E-state index in [0.29, 0.717) is 10.6 Å². The predicted octanol–water partition coefficient (Wildman–Crippen LogP) is 2.59. The molecule has 1 atom stereocenters. The standard InChI is InChI=1S/C19H16ClFN4O4/c1-19(13-8-7-11(21)9-14(13)20)16(27)25(18(29)24-19)10-15(26)23-17(28)22-12-5-3-2-4-6-12/h2-9H,10H2,1H3,(H,24,29)(H2,22,23,26,28). The summed E-state index contributed by atoms with van der Waals surface area (Å²) in [6.07, 6.45) is 0. The van der Waals surface area contributed by atoms with Gasteiger partial charge in [-0.2, -0.15) is 0 Å². The summed E-state index contributed by atoms with van der Waals surface area (Å²) in [7, 11) is 0. The van der Waals surface area contributed by atoms with Crippen molar-refractivity contribution in [2.45, 2.75) is 12.5 Å². The number of nitrogens with zero attached hydrogens (tertiary/aromatic N) is 1. The van der Waals surface area contributed by atoms with Gasteiger partial charge in [0.1, 0.15) is 17.9 Å². The zero-order valence-electron chi connectivity index (χ0n) is 15.2. The van der Waals surface area contributed by atoms with Crippen molar-refractivity contribution in [2.24, 2.45) is 0 Å². The largest absolute Gasteiger partial charge is 0.325 e. The first-order valence-electron chi connectivity index (χ1n) is 8.46. The molecule has 0 bridgehead atoms. The summed E-state index contributed by atoms with van der Waals surface area (Å²) in [5.74, 6) is -2.22. The minimum atomic E-state index is -1.57. The number of anilines is 1. The highest BCUT2D eigenvalue weighted by atomic mass is 35.5. The van der Waals surface area contributed by atoms with Gasteiger partial charge in [-0.25, -0.2) is 14.0 Å². The molecule has 0 spiro atoms. The maximum Gasteiger partial charge on any atom is 0.325 e. The van der Waals surface area contributed by atoms with Crippen LogP contribution in [-0.2, 0) is 15.1 Å². The molecule has 1 unspecified atom stereocenters. The molecule has 1 aliphatic rings. The molecule has 0 saturated carbocycles. The topological polar surface area (TPSA) is 108 Å². The SMILES string of the molecule is CC1(c2ccc(F)cc2Cl)NC(=O)N(CC(=O)NC(=O)Nc2ccccc2)C1=O. The van der Waals surface area contributed by atoms with Crippen molar-refractivity contribution in [2.75, 3.05) is 11.9 Å². The molecular formula is C19H16ClFN4O4. The number of halogens is 2. The number of carbonyl (C=O) groups is 4. The van der Waals surface area contributed by atoms with Crippen LogP contribution in [0.3, 0.4) is 0 Å². The number of amides is 6. The fourth-order valence-corrected chi connectivity index (χ4v) is 3.27. The van der Waals surface area contributed by atoms with Crippen LogP contribution in [0, 0.1) is 5.82 Å². The molecule has 0 aliphatic carbocycles. The van der Waals surface area contributed by atoms with E-state index in [-0.39, 0.29) is 10.6 Å². The molecule has 3 N–H and O–H groups in total. The molecule has 1 saturated heterocycles. The minimum absolute atomic E-state index is 0.0466. The summed E-state index contributed by atoms with van der Waals surface area (Å²) < 4.78 is 13.3. The van der Waals surface area contributed by atoms with Crippen LogP contribution in [0.4, 0.5) is 19.7 Å². The molecule has 10 heteroatoms. The average molecular weight is 419 g/mol. The fraction of sp³-hybridized carbons (Fsp3) is 0.158. The third-order valence-electron chi connectivity index (χ3n) is 4.33. The Bertz CT molecular complexity index is 1000. The highest BCUT2D eigenvalue weighted by Crippen LogP contribution is 2.33. The Labute approximate surface area is 170 Å². The Kier molecular flexibility index (Phi) is 5.51. The molecular weight excluding hydrogens is 403 g/mol. The van der Waals surface area contributed by atoms with Crippen molar-refractivity contribution in [3.63, 3.8) is 0 Å². The van der Waals surface area contributed by atoms with E-state index in [0.717, 1.165) is 12.1 Å². The second-order valence-electron chi connectivity index (χ2n) is 6.44. The van der Waals surface area contributed by atoms with Crippen molar-refractivity contribution in [3.05, 3.63) is 64.9 Å². The lowest BCUT2D eigenvalue weighted by Gasteiger charge is -2.23. The van der Waals surface area contributed by atoms with Gasteiger partial charge in [0.05, 0.1) is 0 Å². The zero-order valence-corrected chi connectivity index (χ0v) is 15.9. The lowest BCUT2D eigenvalue weighted by atomic mass is 9.92. The number of carbonyl (C=O) groups excluding carboxylic acids is 4. The third-order valence-corrected chi connectivity index (χ3v) is 4.64. The second kappa shape index (κ2) is 7.88. The van der Waals surface area contributed by atoms with Gasteiger partial charge in [0.2, 0.25) is 5.91 Å². The van der Waals surface area contributed by atoms with Crippen molar-refractivity contribution in [1.29, 1.82) is 0 Å². The van der Waals surface area contributed by atoms with Crippen LogP contribution in [0.25, 0.3) is 0 Å². The summed E-state index contributed by atoms with van der Waals surface area (Å²) >= 11 is 6.02. The number of rotatable bonds is 4. The molecule has 8 nitrogen and oxygen atoms in total. The van der Waals surface area contributed by atoms with Crippen LogP contribution < -0.4 is 16.0 Å². The molecule has 3 rings (SSSR count). The maximum absolute atomic E-state index is 13.3. The third kappa shape index (κ3) is 4.19. The van der Waals surface area contributed by atoms with Gasteiger partial charge in [-0.05, 0) is 31.2 Å². The van der Waals surface area contributed by atoms with Gasteiger partial charge >= 0.3 is 12.1 Å². The average Bonchev–Trinajstić information content (AvgIpc) is 2.86. The van der Waals surface area contributed by atoms with Crippen LogP contribution >= 0.6 is 11.6 Å². The Morgan fingerprint density at radius 1 is 1.17 bits per heavy atom. The predicted molar refractivity (Wildman–Crippen MR) is 103 cm³/mol. The first-order chi connectivity index (χ1) is 13.7. The number of hydrogen-bond donors (Lipinski definition) is 3. The first kappa shape index (κ1) is 20.3. The van der Waals surface area contributed by atoms with Gasteiger partial charge in [0, 0.05) is 16.3 Å². The van der Waals surface area contributed by atoms with E-state index in [4.69, 9.17) is 11.6 Å². The van der Waals surface area contributed by atoms with Crippen molar-refractivity contribution < 1.29 is 23.6 Å². The molecule has 1 heterocycles. The molecule has 2 aromatic carbocycles. The molecule has 2 aromatic rings. The molecule has 0 aromatic heterocycles. The number of para-hydroxylation sites is 1. The summed E-state index contributed by atoms with van der Waals surface area (Å²) in [6.45, 7) is 0.716. The number of urea groups is 2. The Hall–Kier alpha value is -3.46. The highest BCUT2D eigenvalue weighted by Gasteiger charge is 2.50. The van der Waals surface area contributed by atoms with Gasteiger partial charge in [-0.1, -0.05) is 35.9 Å². The van der Waals surface area contributed by atoms with Crippen LogP contribution in [0.1, 0.15) is 12.5 Å². The van der Waals surface area contributed by atoms with Gasteiger partial charge in [0.25, 0.3) is 5.91 Å². The van der Waals surface area contributed by atoms with E-state index in [1.54, 1.807) is 30.3 Å². The van der Waals surface area contributed by atoms with Crippen LogP contribution in [0.15, 0.2) is 48.5 Å². The molecule has 150 valence electrons. The van der Waals surface area contributed by atoms with Crippen molar-refractivity contribution in [1.82, 2.24) is 15.5 Å². The van der Waals surface area contributed by atoms with E-state index < -0.39 is 41.8 Å². The number of hydrogen-bond acceptors (Lipinski definition) is 4. The van der Waals surface area contributed by atoms with Gasteiger partial charge < -0.3 is 10.6 Å². The highest BCUT2D eigenvalue weighted by molar-refractivity contribution is 6.32. The fourth-order valence-electron chi connectivity index (χ4n) is 2.91. The summed E-state index contributed by atoms with van der Waals surface area (Å²) in [6, 6.07) is 10.2. The summed E-state index contributed by atoms with van der Waals surface area (Å²) in [5, 5.41) is 6.90. The Morgan fingerprint density at radius 3 is 2.52 bits per heavy atom. The van der Waals surface area contributed by atoms with Gasteiger partial charge in [0.15, 0.2) is 0 Å². The lowest BCUT2D eigenvalue weighted by Crippen LogP contribution is -2.45. The van der Waals surface area contributed by atoms with E-state index in [2.05, 4.69) is 10.6 Å². The summed E-state index contributed by atoms with van der Waals surface area (Å²) in [5.41, 5.74) is -0.927. The van der Waals surface area contributed by atoms with E-state index in [1.165, 1.54) is 13.0 Å². The Morgan fingerprint density at radius 2 is 1.86 bits per heavy atom. The monoisotopic (exact) mass is 418 g/mol. The van der Waals surface area contributed by atoms with Crippen LogP contribution in [-0.4, -0.2) is 35.3 Å². The van der Waals surface area contributed by atoms with Crippen molar-refractivity contribution in [3.8, 4) is 0 Å². The first-order valence-corrected chi connectivity index (χ1v) is 8.84. The van der Waals surface area contributed by atoms with Crippen LogP contribution in [0.2, 0.25) is 5.02 Å². The molecule has 0 radical (unpaired) electrons. The second-order valence-corrected chi connectivity index (χ2v) is 6.85. The number of imide groups is 2. The van der Waals surface area contributed by atoms with E-state index in [1.807, 2.05) is 5.32 Å². The maximum atomic E-state index is 13.3. The Balaban J connectivity index is 1.68. The van der Waals surface area contributed by atoms with Crippen LogP contribution in [0.5, 0.6) is 0 Å². The van der Waals surface area contributed by atoms with E-state index >= 15 is 0 Å². The number of nitrogens with one attached hydrogen (secondary N) is 3. The lowest BCUT2D eigenvalue weighted by molar-refractivity contribution is -0.134. The van der Waals surface area contributed by atoms with Crippen molar-refractivity contribution >= 4 is 41.2 Å². The van der Waals surface area contributed by atoms with Gasteiger partial charge in [-0.3, -0.25) is 19.8 Å². The summed E-state index contributed by atoms with van der Waals surface area (Å²) in [4.78, 5) is 49.7. The van der Waals surface area contributed by atoms with E-state index in [9.17, 15) is 23.6 Å². The molecule has 1 fully saturated rings. The smallest absolute Gasteiger partial charge is 0.319 e. The quantitative estimate of drug-likeness (QED) is 0.663. The number of benzene rings is 2.